The van der Waals surface area contributed by atoms with Gasteiger partial charge in [-0.25, -0.2) is 0 Å². The van der Waals surface area contributed by atoms with Crippen molar-refractivity contribution in [3.63, 3.8) is 0 Å². The summed E-state index contributed by atoms with van der Waals surface area (Å²) in [6.45, 7) is 0.362. The molecule has 0 amide bonds. The molecule has 0 heterocycles. The molecule has 24 heavy (non-hydrogen) atoms. The molecule has 0 saturated heterocycles. The van der Waals surface area contributed by atoms with Gasteiger partial charge in [0.05, 0.1) is 6.54 Å². The molecular formula is C14H8Br7N3. The molecule has 0 N–H and O–H groups in total. The summed E-state index contributed by atoms with van der Waals surface area (Å²) in [7, 11) is 0. The molecule has 0 bridgehead atoms. The third-order valence-electron chi connectivity index (χ3n) is 2.56. The average Bonchev–Trinajstić information content (AvgIpc) is 2.55. The van der Waals surface area contributed by atoms with Gasteiger partial charge in [0.2, 0.25) is 0 Å². The second kappa shape index (κ2) is 11.7. The number of hydrogen-bond acceptors (Lipinski definition) is 1. The molecule has 0 aliphatic heterocycles. The van der Waals surface area contributed by atoms with Gasteiger partial charge < -0.3 is 0 Å². The number of benzene rings is 2. The van der Waals surface area contributed by atoms with Gasteiger partial charge in [-0.05, 0) is 137 Å². The van der Waals surface area contributed by atoms with Gasteiger partial charge in [-0.2, -0.15) is 0 Å². The van der Waals surface area contributed by atoms with Crippen molar-refractivity contribution in [1.29, 1.82) is 0 Å². The molecule has 0 aliphatic rings. The van der Waals surface area contributed by atoms with Crippen LogP contribution in [0.2, 0.25) is 0 Å². The molecular weight excluding hydrogens is 770 g/mol. The zero-order valence-electron chi connectivity index (χ0n) is 11.7. The van der Waals surface area contributed by atoms with Crippen molar-refractivity contribution >= 4 is 112 Å². The maximum absolute atomic E-state index is 8.15. The summed E-state index contributed by atoms with van der Waals surface area (Å²) in [5.41, 5.74) is 10.3. The van der Waals surface area contributed by atoms with E-state index in [4.69, 9.17) is 5.53 Å². The van der Waals surface area contributed by atoms with Crippen molar-refractivity contribution in [3.05, 3.63) is 72.7 Å². The number of hydrogen-bond donors (Lipinski definition) is 0. The van der Waals surface area contributed by atoms with Gasteiger partial charge in [0.15, 0.2) is 0 Å². The van der Waals surface area contributed by atoms with Crippen molar-refractivity contribution in [3.8, 4) is 0 Å². The summed E-state index contributed by atoms with van der Waals surface area (Å²) < 4.78 is 6.03. The average molecular weight is 778 g/mol. The zero-order valence-corrected chi connectivity index (χ0v) is 22.8. The van der Waals surface area contributed by atoms with Crippen LogP contribution in [0.1, 0.15) is 11.1 Å². The second-order valence-corrected chi connectivity index (χ2v) is 9.83. The molecule has 2 aromatic rings. The number of halogens is 7. The molecule has 0 aliphatic carbocycles. The first kappa shape index (κ1) is 23.1. The normalized spacial score (nSPS) is 9.79. The van der Waals surface area contributed by atoms with Crippen LogP contribution in [0.25, 0.3) is 10.4 Å². The van der Waals surface area contributed by atoms with Gasteiger partial charge in [-0.15, -0.1) is 0 Å². The van der Waals surface area contributed by atoms with E-state index in [0.29, 0.717) is 6.54 Å². The Morgan fingerprint density at radius 1 is 0.750 bits per heavy atom. The lowest BCUT2D eigenvalue weighted by Gasteiger charge is -2.02. The molecule has 0 spiro atoms. The highest BCUT2D eigenvalue weighted by atomic mass is 79.9. The van der Waals surface area contributed by atoms with Crippen molar-refractivity contribution in [2.24, 2.45) is 5.11 Å². The van der Waals surface area contributed by atoms with Gasteiger partial charge in [0.1, 0.15) is 0 Å². The van der Waals surface area contributed by atoms with Crippen LogP contribution in [0.3, 0.4) is 0 Å². The molecule has 0 saturated carbocycles. The highest BCUT2D eigenvalue weighted by molar-refractivity contribution is 9.15. The molecule has 2 rings (SSSR count). The van der Waals surface area contributed by atoms with Crippen LogP contribution in [0.15, 0.2) is 56.2 Å². The first-order chi connectivity index (χ1) is 11.3. The van der Waals surface area contributed by atoms with Crippen LogP contribution in [0.5, 0.6) is 0 Å². The third-order valence-corrected chi connectivity index (χ3v) is 9.54. The summed E-state index contributed by atoms with van der Waals surface area (Å²) >= 11 is 23.8. The highest BCUT2D eigenvalue weighted by Crippen LogP contribution is 2.33. The van der Waals surface area contributed by atoms with Gasteiger partial charge in [-0.3, -0.25) is 0 Å². The van der Waals surface area contributed by atoms with Crippen LogP contribution in [-0.4, -0.2) is 0 Å². The molecule has 10 heteroatoms. The Labute approximate surface area is 198 Å². The summed E-state index contributed by atoms with van der Waals surface area (Å²) in [5, 5.41) is 4.35. The van der Waals surface area contributed by atoms with E-state index < -0.39 is 0 Å². The number of alkyl halides is 1. The van der Waals surface area contributed by atoms with Crippen LogP contribution >= 0.6 is 112 Å². The van der Waals surface area contributed by atoms with Crippen LogP contribution in [0, 0.1) is 0 Å². The molecule has 0 atom stereocenters. The van der Waals surface area contributed by atoms with E-state index in [-0.39, 0.29) is 0 Å². The Bertz CT molecular complexity index is 727. The predicted octanol–water partition coefficient (Wildman–Crippen LogP) is 9.65. The summed E-state index contributed by atoms with van der Waals surface area (Å²) in [6.07, 6.45) is 0. The quantitative estimate of drug-likeness (QED) is 0.0981. The Kier molecular flexibility index (Phi) is 11.3. The van der Waals surface area contributed by atoms with E-state index in [0.717, 1.165) is 37.7 Å². The van der Waals surface area contributed by atoms with Crippen molar-refractivity contribution in [2.75, 3.05) is 0 Å². The standard InChI is InChI=1S/C7H4Br4.C7H4Br3N3/c8-3-4-1-5(9)7(11)6(10)2-4;8-5-1-4(3-12-13-11)2-6(9)7(5)10/h1-2H,3H2;1-2H,3H2. The fourth-order valence-electron chi connectivity index (χ4n) is 1.50. The summed E-state index contributed by atoms with van der Waals surface area (Å²) in [5.74, 6) is 0. The Morgan fingerprint density at radius 2 is 1.12 bits per heavy atom. The largest absolute Gasteiger partial charge is 0.0893 e. The maximum atomic E-state index is 8.15. The van der Waals surface area contributed by atoms with Crippen molar-refractivity contribution in [2.45, 2.75) is 11.9 Å². The van der Waals surface area contributed by atoms with E-state index in [1.54, 1.807) is 0 Å². The van der Waals surface area contributed by atoms with Gasteiger partial charge in [-0.1, -0.05) is 21.0 Å². The van der Waals surface area contributed by atoms with Gasteiger partial charge in [0.25, 0.3) is 0 Å². The van der Waals surface area contributed by atoms with E-state index in [1.165, 1.54) is 5.56 Å². The van der Waals surface area contributed by atoms with E-state index >= 15 is 0 Å². The number of nitrogens with zero attached hydrogens (tertiary/aromatic N) is 3. The third kappa shape index (κ3) is 7.39. The Balaban J connectivity index is 0.000000243. The molecule has 0 fully saturated rings. The topological polar surface area (TPSA) is 48.8 Å². The van der Waals surface area contributed by atoms with Gasteiger partial charge in [0, 0.05) is 37.1 Å². The molecule has 0 unspecified atom stereocenters. The zero-order chi connectivity index (χ0) is 18.3. The lowest BCUT2D eigenvalue weighted by molar-refractivity contribution is 1.04. The Morgan fingerprint density at radius 3 is 1.46 bits per heavy atom. The molecule has 128 valence electrons. The minimum Gasteiger partial charge on any atom is -0.0893 e. The minimum absolute atomic E-state index is 0.362. The highest BCUT2D eigenvalue weighted by Gasteiger charge is 2.04. The predicted molar refractivity (Wildman–Crippen MR) is 125 cm³/mol. The SMILES string of the molecule is BrCc1cc(Br)c(Br)c(Br)c1.[N-]=[N+]=NCc1cc(Br)c(Br)c(Br)c1. The monoisotopic (exact) mass is 771 g/mol. The maximum Gasteiger partial charge on any atom is 0.0511 e. The number of azide groups is 1. The van der Waals surface area contributed by atoms with Crippen molar-refractivity contribution in [1.82, 2.24) is 0 Å². The van der Waals surface area contributed by atoms with Crippen LogP contribution in [-0.2, 0) is 11.9 Å². The van der Waals surface area contributed by atoms with Gasteiger partial charge >= 0.3 is 0 Å². The summed E-state index contributed by atoms with van der Waals surface area (Å²) in [4.78, 5) is 2.70. The van der Waals surface area contributed by atoms with E-state index in [2.05, 4.69) is 134 Å². The second-order valence-electron chi connectivity index (χ2n) is 4.27. The molecule has 2 aromatic carbocycles. The van der Waals surface area contributed by atoms with Crippen LogP contribution in [0.4, 0.5) is 0 Å². The lowest BCUT2D eigenvalue weighted by Crippen LogP contribution is -1.82. The molecule has 3 nitrogen and oxygen atoms in total. The minimum atomic E-state index is 0.362. The first-order valence-corrected chi connectivity index (χ1v) is 12.0. The molecule has 0 aromatic heterocycles. The van der Waals surface area contributed by atoms with Crippen molar-refractivity contribution < 1.29 is 0 Å². The van der Waals surface area contributed by atoms with Crippen LogP contribution < -0.4 is 0 Å². The fraction of sp³-hybridized carbons (Fsp3) is 0.143. The smallest absolute Gasteiger partial charge is 0.0511 e. The summed E-state index contributed by atoms with van der Waals surface area (Å²) in [6, 6.07) is 7.96. The lowest BCUT2D eigenvalue weighted by atomic mass is 10.2. The Hall–Kier alpha value is 1.11. The fourth-order valence-corrected chi connectivity index (χ4v) is 4.84. The first-order valence-electron chi connectivity index (χ1n) is 6.13. The molecule has 0 radical (unpaired) electrons. The van der Waals surface area contributed by atoms with E-state index in [1.807, 2.05) is 12.1 Å². The number of rotatable bonds is 3. The van der Waals surface area contributed by atoms with E-state index in [9.17, 15) is 0 Å².